The highest BCUT2D eigenvalue weighted by Gasteiger charge is 2.02. The second-order valence-corrected chi connectivity index (χ2v) is 5.63. The molecule has 0 aliphatic rings. The summed E-state index contributed by atoms with van der Waals surface area (Å²) in [5.74, 6) is 0.0914. The van der Waals surface area contributed by atoms with Crippen LogP contribution in [0.5, 0.6) is 0 Å². The summed E-state index contributed by atoms with van der Waals surface area (Å²) in [6.07, 6.45) is 7.86. The average molecular weight is 296 g/mol. The Morgan fingerprint density at radius 2 is 1.82 bits per heavy atom. The van der Waals surface area contributed by atoms with Gasteiger partial charge in [0.15, 0.2) is 0 Å². The van der Waals surface area contributed by atoms with Gasteiger partial charge in [0.05, 0.1) is 0 Å². The molecule has 1 N–H and O–H groups in total. The fourth-order valence-electron chi connectivity index (χ4n) is 2.46. The van der Waals surface area contributed by atoms with Crippen LogP contribution < -0.4 is 5.32 Å². The van der Waals surface area contributed by atoms with Crippen LogP contribution in [0.1, 0.15) is 43.4 Å². The van der Waals surface area contributed by atoms with E-state index in [1.54, 1.807) is 6.20 Å². The smallest absolute Gasteiger partial charge is 0.224 e. The number of rotatable bonds is 8. The number of carbonyl (C=O) groups excluding carboxylic acids is 1. The lowest BCUT2D eigenvalue weighted by molar-refractivity contribution is -0.116. The van der Waals surface area contributed by atoms with Gasteiger partial charge in [-0.15, -0.1) is 0 Å². The van der Waals surface area contributed by atoms with E-state index < -0.39 is 0 Å². The SMILES string of the molecule is Cc1cc(NC(=O)CCCCCCc2ccccc2)ccn1. The van der Waals surface area contributed by atoms with Crippen LogP contribution in [0, 0.1) is 6.92 Å². The van der Waals surface area contributed by atoms with E-state index in [0.717, 1.165) is 30.6 Å². The summed E-state index contributed by atoms with van der Waals surface area (Å²) in [5.41, 5.74) is 3.15. The Balaban J connectivity index is 1.56. The van der Waals surface area contributed by atoms with Crippen molar-refractivity contribution in [2.75, 3.05) is 5.32 Å². The average Bonchev–Trinajstić information content (AvgIpc) is 2.52. The molecule has 116 valence electrons. The molecule has 3 heteroatoms. The van der Waals surface area contributed by atoms with Gasteiger partial charge in [-0.1, -0.05) is 43.2 Å². The van der Waals surface area contributed by atoms with Gasteiger partial charge in [-0.2, -0.15) is 0 Å². The van der Waals surface area contributed by atoms with Gasteiger partial charge in [0.2, 0.25) is 5.91 Å². The van der Waals surface area contributed by atoms with Crippen molar-refractivity contribution in [3.8, 4) is 0 Å². The molecule has 1 heterocycles. The zero-order valence-electron chi connectivity index (χ0n) is 13.2. The summed E-state index contributed by atoms with van der Waals surface area (Å²) in [6.45, 7) is 1.92. The molecular weight excluding hydrogens is 272 g/mol. The number of unbranched alkanes of at least 4 members (excludes halogenated alkanes) is 3. The Morgan fingerprint density at radius 1 is 1.05 bits per heavy atom. The number of hydrogen-bond donors (Lipinski definition) is 1. The fourth-order valence-corrected chi connectivity index (χ4v) is 2.46. The lowest BCUT2D eigenvalue weighted by Gasteiger charge is -2.06. The van der Waals surface area contributed by atoms with E-state index in [1.807, 2.05) is 25.1 Å². The van der Waals surface area contributed by atoms with Gasteiger partial charge in [-0.25, -0.2) is 0 Å². The number of nitrogens with zero attached hydrogens (tertiary/aromatic N) is 1. The molecule has 1 amide bonds. The second kappa shape index (κ2) is 8.98. The monoisotopic (exact) mass is 296 g/mol. The molecule has 2 rings (SSSR count). The lowest BCUT2D eigenvalue weighted by Crippen LogP contribution is -2.11. The van der Waals surface area contributed by atoms with E-state index in [4.69, 9.17) is 0 Å². The first-order valence-electron chi connectivity index (χ1n) is 8.00. The molecule has 0 spiro atoms. The van der Waals surface area contributed by atoms with Crippen LogP contribution in [0.15, 0.2) is 48.7 Å². The summed E-state index contributed by atoms with van der Waals surface area (Å²) >= 11 is 0. The predicted molar refractivity (Wildman–Crippen MR) is 90.8 cm³/mol. The van der Waals surface area contributed by atoms with Crippen molar-refractivity contribution < 1.29 is 4.79 Å². The minimum atomic E-state index is 0.0914. The minimum absolute atomic E-state index is 0.0914. The molecule has 0 saturated heterocycles. The zero-order valence-corrected chi connectivity index (χ0v) is 13.2. The van der Waals surface area contributed by atoms with Crippen molar-refractivity contribution in [3.05, 3.63) is 59.9 Å². The summed E-state index contributed by atoms with van der Waals surface area (Å²) in [7, 11) is 0. The number of aryl methyl sites for hydroxylation is 2. The first-order chi connectivity index (χ1) is 10.7. The topological polar surface area (TPSA) is 42.0 Å². The Kier molecular flexibility index (Phi) is 6.62. The van der Waals surface area contributed by atoms with Gasteiger partial charge in [-0.05, 0) is 43.9 Å². The van der Waals surface area contributed by atoms with Crippen molar-refractivity contribution >= 4 is 11.6 Å². The molecular formula is C19H24N2O. The standard InChI is InChI=1S/C19H24N2O/c1-16-15-18(13-14-20-16)21-19(22)12-8-3-2-5-9-17-10-6-4-7-11-17/h4,6-7,10-11,13-15H,2-3,5,8-9,12H2,1H3,(H,20,21,22). The van der Waals surface area contributed by atoms with Crippen LogP contribution in [0.3, 0.4) is 0 Å². The maximum atomic E-state index is 11.8. The molecule has 0 aliphatic heterocycles. The summed E-state index contributed by atoms with van der Waals surface area (Å²) in [4.78, 5) is 16.0. The second-order valence-electron chi connectivity index (χ2n) is 5.63. The van der Waals surface area contributed by atoms with E-state index in [9.17, 15) is 4.79 Å². The molecule has 0 atom stereocenters. The Hall–Kier alpha value is -2.16. The number of anilines is 1. The molecule has 0 radical (unpaired) electrons. The van der Waals surface area contributed by atoms with E-state index in [2.05, 4.69) is 34.6 Å². The molecule has 0 aliphatic carbocycles. The molecule has 2 aromatic rings. The van der Waals surface area contributed by atoms with Gasteiger partial charge < -0.3 is 5.32 Å². The van der Waals surface area contributed by atoms with Crippen molar-refractivity contribution in [3.63, 3.8) is 0 Å². The zero-order chi connectivity index (χ0) is 15.6. The predicted octanol–water partition coefficient (Wildman–Crippen LogP) is 4.52. The van der Waals surface area contributed by atoms with E-state index in [1.165, 1.54) is 18.4 Å². The molecule has 0 fully saturated rings. The number of carbonyl (C=O) groups is 1. The highest BCUT2D eigenvalue weighted by molar-refractivity contribution is 5.90. The van der Waals surface area contributed by atoms with Crippen LogP contribution in [0.25, 0.3) is 0 Å². The van der Waals surface area contributed by atoms with Crippen molar-refractivity contribution in [2.45, 2.75) is 45.4 Å². The lowest BCUT2D eigenvalue weighted by atomic mass is 10.1. The number of benzene rings is 1. The Labute approximate surface area is 132 Å². The van der Waals surface area contributed by atoms with Gasteiger partial charge in [0, 0.05) is 24.0 Å². The third-order valence-electron chi connectivity index (χ3n) is 3.64. The maximum absolute atomic E-state index is 11.8. The van der Waals surface area contributed by atoms with Crippen LogP contribution in [-0.4, -0.2) is 10.9 Å². The number of aromatic nitrogens is 1. The summed E-state index contributed by atoms with van der Waals surface area (Å²) in [6, 6.07) is 14.3. The number of hydrogen-bond acceptors (Lipinski definition) is 2. The highest BCUT2D eigenvalue weighted by Crippen LogP contribution is 2.11. The fraction of sp³-hybridized carbons (Fsp3) is 0.368. The normalized spacial score (nSPS) is 10.4. The first kappa shape index (κ1) is 16.2. The highest BCUT2D eigenvalue weighted by atomic mass is 16.1. The van der Waals surface area contributed by atoms with E-state index >= 15 is 0 Å². The van der Waals surface area contributed by atoms with Crippen LogP contribution in [-0.2, 0) is 11.2 Å². The van der Waals surface area contributed by atoms with Crippen LogP contribution >= 0.6 is 0 Å². The third kappa shape index (κ3) is 6.08. The molecule has 0 unspecified atom stereocenters. The largest absolute Gasteiger partial charge is 0.326 e. The third-order valence-corrected chi connectivity index (χ3v) is 3.64. The van der Waals surface area contributed by atoms with E-state index in [0.29, 0.717) is 6.42 Å². The first-order valence-corrected chi connectivity index (χ1v) is 8.00. The molecule has 22 heavy (non-hydrogen) atoms. The number of nitrogens with one attached hydrogen (secondary N) is 1. The van der Waals surface area contributed by atoms with Gasteiger partial charge in [0.25, 0.3) is 0 Å². The summed E-state index contributed by atoms with van der Waals surface area (Å²) < 4.78 is 0. The quantitative estimate of drug-likeness (QED) is 0.728. The Bertz CT molecular complexity index is 581. The van der Waals surface area contributed by atoms with Crippen molar-refractivity contribution in [1.82, 2.24) is 4.98 Å². The minimum Gasteiger partial charge on any atom is -0.326 e. The van der Waals surface area contributed by atoms with Crippen LogP contribution in [0.4, 0.5) is 5.69 Å². The number of pyridine rings is 1. The van der Waals surface area contributed by atoms with Crippen molar-refractivity contribution in [1.29, 1.82) is 0 Å². The maximum Gasteiger partial charge on any atom is 0.224 e. The molecule has 0 bridgehead atoms. The van der Waals surface area contributed by atoms with Gasteiger partial charge in [0.1, 0.15) is 0 Å². The summed E-state index contributed by atoms with van der Waals surface area (Å²) in [5, 5.41) is 2.92. The van der Waals surface area contributed by atoms with Gasteiger partial charge in [-0.3, -0.25) is 9.78 Å². The van der Waals surface area contributed by atoms with Gasteiger partial charge >= 0.3 is 0 Å². The Morgan fingerprint density at radius 3 is 2.59 bits per heavy atom. The van der Waals surface area contributed by atoms with E-state index in [-0.39, 0.29) is 5.91 Å². The number of amides is 1. The molecule has 1 aromatic heterocycles. The molecule has 3 nitrogen and oxygen atoms in total. The molecule has 1 aromatic carbocycles. The van der Waals surface area contributed by atoms with Crippen LogP contribution in [0.2, 0.25) is 0 Å². The molecule has 0 saturated carbocycles. The van der Waals surface area contributed by atoms with Crippen molar-refractivity contribution in [2.24, 2.45) is 0 Å².